The van der Waals surface area contributed by atoms with E-state index in [2.05, 4.69) is 17.2 Å². The SMILES string of the molecule is C=CCNc1ccccc1C(=O)NC. The lowest BCUT2D eigenvalue weighted by atomic mass is 10.1. The van der Waals surface area contributed by atoms with Crippen LogP contribution in [0.15, 0.2) is 36.9 Å². The van der Waals surface area contributed by atoms with Crippen molar-refractivity contribution in [1.82, 2.24) is 5.32 Å². The Morgan fingerprint density at radius 2 is 2.21 bits per heavy atom. The minimum absolute atomic E-state index is 0.0860. The van der Waals surface area contributed by atoms with E-state index in [1.165, 1.54) is 0 Å². The highest BCUT2D eigenvalue weighted by Gasteiger charge is 2.07. The van der Waals surface area contributed by atoms with Crippen LogP contribution >= 0.6 is 0 Å². The van der Waals surface area contributed by atoms with Crippen molar-refractivity contribution >= 4 is 11.6 Å². The molecule has 1 aromatic rings. The molecular formula is C11H14N2O. The van der Waals surface area contributed by atoms with Crippen LogP contribution in [0.1, 0.15) is 10.4 Å². The first-order valence-electron chi connectivity index (χ1n) is 4.45. The summed E-state index contributed by atoms with van der Waals surface area (Å²) in [6, 6.07) is 7.37. The van der Waals surface area contributed by atoms with Gasteiger partial charge in [-0.15, -0.1) is 6.58 Å². The molecule has 0 aliphatic rings. The van der Waals surface area contributed by atoms with Gasteiger partial charge in [-0.2, -0.15) is 0 Å². The largest absolute Gasteiger partial charge is 0.381 e. The Kier molecular flexibility index (Phi) is 3.73. The van der Waals surface area contributed by atoms with E-state index < -0.39 is 0 Å². The van der Waals surface area contributed by atoms with Gasteiger partial charge in [0.1, 0.15) is 0 Å². The molecule has 0 saturated heterocycles. The topological polar surface area (TPSA) is 41.1 Å². The van der Waals surface area contributed by atoms with E-state index in [4.69, 9.17) is 0 Å². The molecule has 0 bridgehead atoms. The van der Waals surface area contributed by atoms with E-state index in [1.54, 1.807) is 19.2 Å². The summed E-state index contributed by atoms with van der Waals surface area (Å²) in [6.45, 7) is 4.25. The van der Waals surface area contributed by atoms with E-state index in [-0.39, 0.29) is 5.91 Å². The molecule has 0 aromatic heterocycles. The van der Waals surface area contributed by atoms with E-state index in [0.717, 1.165) is 5.69 Å². The van der Waals surface area contributed by atoms with Crippen LogP contribution in [0.2, 0.25) is 0 Å². The maximum atomic E-state index is 11.4. The summed E-state index contributed by atoms with van der Waals surface area (Å²) < 4.78 is 0. The Morgan fingerprint density at radius 1 is 1.50 bits per heavy atom. The van der Waals surface area contributed by atoms with Gasteiger partial charge < -0.3 is 10.6 Å². The van der Waals surface area contributed by atoms with Crippen LogP contribution in [-0.4, -0.2) is 19.5 Å². The van der Waals surface area contributed by atoms with Crippen molar-refractivity contribution in [1.29, 1.82) is 0 Å². The van der Waals surface area contributed by atoms with Crippen molar-refractivity contribution in [3.8, 4) is 0 Å². The number of hydrogen-bond donors (Lipinski definition) is 2. The number of rotatable bonds is 4. The highest BCUT2D eigenvalue weighted by Crippen LogP contribution is 2.14. The second-order valence-electron chi connectivity index (χ2n) is 2.79. The fourth-order valence-corrected chi connectivity index (χ4v) is 1.15. The molecule has 0 heterocycles. The molecule has 0 atom stereocenters. The van der Waals surface area contributed by atoms with Crippen LogP contribution in [0.25, 0.3) is 0 Å². The minimum Gasteiger partial charge on any atom is -0.381 e. The molecule has 3 heteroatoms. The highest BCUT2D eigenvalue weighted by atomic mass is 16.1. The molecule has 1 amide bonds. The van der Waals surface area contributed by atoms with Crippen molar-refractivity contribution in [3.63, 3.8) is 0 Å². The quantitative estimate of drug-likeness (QED) is 0.709. The zero-order chi connectivity index (χ0) is 10.4. The van der Waals surface area contributed by atoms with Gasteiger partial charge >= 0.3 is 0 Å². The van der Waals surface area contributed by atoms with Crippen LogP contribution in [-0.2, 0) is 0 Å². The predicted molar refractivity (Wildman–Crippen MR) is 58.5 cm³/mol. The van der Waals surface area contributed by atoms with Crippen molar-refractivity contribution in [3.05, 3.63) is 42.5 Å². The fraction of sp³-hybridized carbons (Fsp3) is 0.182. The Labute approximate surface area is 83.8 Å². The van der Waals surface area contributed by atoms with E-state index in [1.807, 2.05) is 18.2 Å². The lowest BCUT2D eigenvalue weighted by Gasteiger charge is -2.08. The van der Waals surface area contributed by atoms with Crippen LogP contribution < -0.4 is 10.6 Å². The molecule has 0 spiro atoms. The van der Waals surface area contributed by atoms with Crippen molar-refractivity contribution in [2.45, 2.75) is 0 Å². The van der Waals surface area contributed by atoms with E-state index in [9.17, 15) is 4.79 Å². The number of anilines is 1. The Balaban J connectivity index is 2.90. The zero-order valence-corrected chi connectivity index (χ0v) is 8.21. The normalized spacial score (nSPS) is 9.21. The van der Waals surface area contributed by atoms with Crippen LogP contribution in [0.5, 0.6) is 0 Å². The second-order valence-corrected chi connectivity index (χ2v) is 2.79. The minimum atomic E-state index is -0.0860. The van der Waals surface area contributed by atoms with Gasteiger partial charge in [0.25, 0.3) is 5.91 Å². The van der Waals surface area contributed by atoms with Gasteiger partial charge in [-0.25, -0.2) is 0 Å². The van der Waals surface area contributed by atoms with Crippen LogP contribution in [0, 0.1) is 0 Å². The number of benzene rings is 1. The molecule has 0 unspecified atom stereocenters. The maximum Gasteiger partial charge on any atom is 0.253 e. The first-order valence-corrected chi connectivity index (χ1v) is 4.45. The van der Waals surface area contributed by atoms with Gasteiger partial charge in [0.2, 0.25) is 0 Å². The van der Waals surface area contributed by atoms with Gasteiger partial charge in [0.15, 0.2) is 0 Å². The van der Waals surface area contributed by atoms with Crippen molar-refractivity contribution in [2.24, 2.45) is 0 Å². The molecular weight excluding hydrogens is 176 g/mol. The van der Waals surface area contributed by atoms with E-state index in [0.29, 0.717) is 12.1 Å². The molecule has 2 N–H and O–H groups in total. The first-order chi connectivity index (χ1) is 6.79. The fourth-order valence-electron chi connectivity index (χ4n) is 1.15. The standard InChI is InChI=1S/C11H14N2O/c1-3-8-13-10-7-5-4-6-9(10)11(14)12-2/h3-7,13H,1,8H2,2H3,(H,12,14). The summed E-state index contributed by atoms with van der Waals surface area (Å²) in [5.41, 5.74) is 1.48. The summed E-state index contributed by atoms with van der Waals surface area (Å²) in [6.07, 6.45) is 1.75. The monoisotopic (exact) mass is 190 g/mol. The summed E-state index contributed by atoms with van der Waals surface area (Å²) in [7, 11) is 1.62. The molecule has 14 heavy (non-hydrogen) atoms. The molecule has 74 valence electrons. The summed E-state index contributed by atoms with van der Waals surface area (Å²) in [4.78, 5) is 11.4. The Hall–Kier alpha value is -1.77. The highest BCUT2D eigenvalue weighted by molar-refractivity contribution is 5.99. The van der Waals surface area contributed by atoms with Gasteiger partial charge in [0, 0.05) is 19.3 Å². The number of nitrogens with one attached hydrogen (secondary N) is 2. The van der Waals surface area contributed by atoms with Gasteiger partial charge in [-0.05, 0) is 12.1 Å². The molecule has 0 saturated carbocycles. The average Bonchev–Trinajstić information content (AvgIpc) is 2.25. The number of carbonyl (C=O) groups is 1. The molecule has 0 aliphatic heterocycles. The predicted octanol–water partition coefficient (Wildman–Crippen LogP) is 1.64. The lowest BCUT2D eigenvalue weighted by molar-refractivity contribution is 0.0964. The summed E-state index contributed by atoms with van der Waals surface area (Å²) in [5, 5.41) is 5.69. The zero-order valence-electron chi connectivity index (χ0n) is 8.21. The number of carbonyl (C=O) groups excluding carboxylic acids is 1. The van der Waals surface area contributed by atoms with Crippen LogP contribution in [0.4, 0.5) is 5.69 Å². The Bertz CT molecular complexity index is 334. The van der Waals surface area contributed by atoms with Crippen molar-refractivity contribution in [2.75, 3.05) is 18.9 Å². The molecule has 3 nitrogen and oxygen atoms in total. The molecule has 1 rings (SSSR count). The average molecular weight is 190 g/mol. The smallest absolute Gasteiger partial charge is 0.253 e. The van der Waals surface area contributed by atoms with Crippen molar-refractivity contribution < 1.29 is 4.79 Å². The third kappa shape index (κ3) is 2.36. The van der Waals surface area contributed by atoms with Gasteiger partial charge in [-0.1, -0.05) is 18.2 Å². The number of para-hydroxylation sites is 1. The summed E-state index contributed by atoms with van der Waals surface area (Å²) >= 11 is 0. The third-order valence-corrected chi connectivity index (χ3v) is 1.84. The molecule has 0 fully saturated rings. The van der Waals surface area contributed by atoms with E-state index >= 15 is 0 Å². The molecule has 0 radical (unpaired) electrons. The Morgan fingerprint density at radius 3 is 2.86 bits per heavy atom. The summed E-state index contributed by atoms with van der Waals surface area (Å²) in [5.74, 6) is -0.0860. The number of amides is 1. The van der Waals surface area contributed by atoms with Gasteiger partial charge in [-0.3, -0.25) is 4.79 Å². The number of hydrogen-bond acceptors (Lipinski definition) is 2. The second kappa shape index (κ2) is 5.07. The van der Waals surface area contributed by atoms with Gasteiger partial charge in [0.05, 0.1) is 5.56 Å². The third-order valence-electron chi connectivity index (χ3n) is 1.84. The lowest BCUT2D eigenvalue weighted by Crippen LogP contribution is -2.19. The van der Waals surface area contributed by atoms with Crippen LogP contribution in [0.3, 0.4) is 0 Å². The molecule has 0 aliphatic carbocycles. The molecule has 1 aromatic carbocycles. The maximum absolute atomic E-state index is 11.4. The first kappa shape index (κ1) is 10.3.